The van der Waals surface area contributed by atoms with Gasteiger partial charge in [-0.2, -0.15) is 0 Å². The van der Waals surface area contributed by atoms with Gasteiger partial charge in [0.15, 0.2) is 0 Å². The molecule has 2 atom stereocenters. The molecule has 2 bridgehead atoms. The van der Waals surface area contributed by atoms with E-state index in [9.17, 15) is 9.50 Å². The van der Waals surface area contributed by atoms with Crippen molar-refractivity contribution in [1.82, 2.24) is 4.90 Å². The van der Waals surface area contributed by atoms with Crippen LogP contribution in [0.1, 0.15) is 36.8 Å². The first kappa shape index (κ1) is 18.0. The first-order valence-electron chi connectivity index (χ1n) is 9.47. The molecule has 140 valence electrons. The quantitative estimate of drug-likeness (QED) is 0.817. The zero-order chi connectivity index (χ0) is 18.9. The molecule has 2 aliphatic rings. The van der Waals surface area contributed by atoms with Gasteiger partial charge in [-0.05, 0) is 61.1 Å². The Labute approximate surface area is 159 Å². The van der Waals surface area contributed by atoms with E-state index in [2.05, 4.69) is 23.0 Å². The van der Waals surface area contributed by atoms with Crippen molar-refractivity contribution in [2.75, 3.05) is 6.61 Å². The topological polar surface area (TPSA) is 32.7 Å². The second-order valence-corrected chi connectivity index (χ2v) is 7.64. The van der Waals surface area contributed by atoms with Crippen LogP contribution in [0.25, 0.3) is 0 Å². The van der Waals surface area contributed by atoms with E-state index in [-0.39, 0.29) is 12.4 Å². The van der Waals surface area contributed by atoms with E-state index < -0.39 is 5.60 Å². The lowest BCUT2D eigenvalue weighted by atomic mass is 9.80. The largest absolute Gasteiger partial charge is 0.481 e. The SMILES string of the molecule is C#CCOc1ccc(CN2C3CCC2CC(O)(c2cccc(F)c2)C3)cc1. The fraction of sp³-hybridized carbons (Fsp3) is 0.391. The van der Waals surface area contributed by atoms with Crippen molar-refractivity contribution in [1.29, 1.82) is 0 Å². The second-order valence-electron chi connectivity index (χ2n) is 7.64. The van der Waals surface area contributed by atoms with Crippen molar-refractivity contribution in [3.63, 3.8) is 0 Å². The van der Waals surface area contributed by atoms with Gasteiger partial charge in [0.25, 0.3) is 0 Å². The Hall–Kier alpha value is -2.35. The third-order valence-corrected chi connectivity index (χ3v) is 5.89. The van der Waals surface area contributed by atoms with Crippen LogP contribution in [0, 0.1) is 18.2 Å². The molecule has 2 aromatic rings. The van der Waals surface area contributed by atoms with E-state index in [1.165, 1.54) is 17.7 Å². The van der Waals surface area contributed by atoms with Crippen molar-refractivity contribution in [3.05, 3.63) is 65.5 Å². The van der Waals surface area contributed by atoms with Crippen LogP contribution in [0.3, 0.4) is 0 Å². The minimum Gasteiger partial charge on any atom is -0.481 e. The highest BCUT2D eigenvalue weighted by Crippen LogP contribution is 2.46. The molecule has 2 aliphatic heterocycles. The normalized spacial score (nSPS) is 27.3. The zero-order valence-corrected chi connectivity index (χ0v) is 15.3. The molecule has 0 spiro atoms. The van der Waals surface area contributed by atoms with Crippen LogP contribution in [-0.4, -0.2) is 28.7 Å². The van der Waals surface area contributed by atoms with Crippen LogP contribution in [0.15, 0.2) is 48.5 Å². The summed E-state index contributed by atoms with van der Waals surface area (Å²) in [7, 11) is 0. The van der Waals surface area contributed by atoms with Gasteiger partial charge in [0, 0.05) is 18.6 Å². The molecular weight excluding hydrogens is 341 g/mol. The Morgan fingerprint density at radius 2 is 1.85 bits per heavy atom. The molecule has 2 heterocycles. The summed E-state index contributed by atoms with van der Waals surface area (Å²) in [5.74, 6) is 2.95. The van der Waals surface area contributed by atoms with Gasteiger partial charge in [0.05, 0.1) is 5.60 Å². The summed E-state index contributed by atoms with van der Waals surface area (Å²) in [6, 6.07) is 15.1. The van der Waals surface area contributed by atoms with Gasteiger partial charge in [0.1, 0.15) is 18.2 Å². The molecule has 0 aliphatic carbocycles. The first-order valence-corrected chi connectivity index (χ1v) is 9.47. The van der Waals surface area contributed by atoms with E-state index >= 15 is 0 Å². The van der Waals surface area contributed by atoms with Gasteiger partial charge < -0.3 is 9.84 Å². The number of halogens is 1. The predicted molar refractivity (Wildman–Crippen MR) is 103 cm³/mol. The third kappa shape index (κ3) is 3.71. The lowest BCUT2D eigenvalue weighted by molar-refractivity contribution is -0.0596. The van der Waals surface area contributed by atoms with Crippen molar-refractivity contribution in [3.8, 4) is 18.1 Å². The van der Waals surface area contributed by atoms with E-state index in [0.717, 1.165) is 25.1 Å². The number of hydrogen-bond donors (Lipinski definition) is 1. The molecule has 0 aromatic heterocycles. The van der Waals surface area contributed by atoms with Crippen LogP contribution < -0.4 is 4.74 Å². The standard InChI is InChI=1S/C23H24FNO2/c1-2-12-27-22-10-6-17(7-11-22)16-25-20-8-9-21(25)15-23(26,14-20)18-4-3-5-19(24)13-18/h1,3-7,10-11,13,20-21,26H,8-9,12,14-16H2. The van der Waals surface area contributed by atoms with Gasteiger partial charge in [-0.1, -0.05) is 30.2 Å². The number of benzene rings is 2. The Morgan fingerprint density at radius 1 is 1.15 bits per heavy atom. The summed E-state index contributed by atoms with van der Waals surface area (Å²) in [6.07, 6.45) is 8.67. The zero-order valence-electron chi connectivity index (χ0n) is 15.3. The van der Waals surface area contributed by atoms with E-state index in [1.807, 2.05) is 18.2 Å². The van der Waals surface area contributed by atoms with Gasteiger partial charge in [-0.15, -0.1) is 6.42 Å². The van der Waals surface area contributed by atoms with Crippen LogP contribution in [0.5, 0.6) is 5.75 Å². The molecular formula is C23H24FNO2. The van der Waals surface area contributed by atoms with E-state index in [1.54, 1.807) is 6.07 Å². The summed E-state index contributed by atoms with van der Waals surface area (Å²) >= 11 is 0. The molecule has 4 rings (SSSR count). The number of hydrogen-bond acceptors (Lipinski definition) is 3. The number of ether oxygens (including phenoxy) is 1. The number of fused-ring (bicyclic) bond motifs is 2. The summed E-state index contributed by atoms with van der Waals surface area (Å²) in [5.41, 5.74) is 0.988. The highest BCUT2D eigenvalue weighted by atomic mass is 19.1. The third-order valence-electron chi connectivity index (χ3n) is 5.89. The monoisotopic (exact) mass is 365 g/mol. The molecule has 0 radical (unpaired) electrons. The molecule has 2 fully saturated rings. The second kappa shape index (κ2) is 7.34. The average Bonchev–Trinajstić information content (AvgIpc) is 2.91. The number of nitrogens with zero attached hydrogens (tertiary/aromatic N) is 1. The van der Waals surface area contributed by atoms with Crippen molar-refractivity contribution < 1.29 is 14.2 Å². The van der Waals surface area contributed by atoms with Gasteiger partial charge in [-0.25, -0.2) is 4.39 Å². The molecule has 0 amide bonds. The van der Waals surface area contributed by atoms with Crippen LogP contribution >= 0.6 is 0 Å². The number of rotatable bonds is 5. The van der Waals surface area contributed by atoms with Crippen molar-refractivity contribution in [2.24, 2.45) is 0 Å². The molecule has 0 saturated carbocycles. The van der Waals surface area contributed by atoms with Crippen molar-refractivity contribution >= 4 is 0 Å². The molecule has 2 unspecified atom stereocenters. The molecule has 1 N–H and O–H groups in total. The van der Waals surface area contributed by atoms with E-state index in [4.69, 9.17) is 11.2 Å². The number of aliphatic hydroxyl groups is 1. The Kier molecular flexibility index (Phi) is 4.90. The minimum atomic E-state index is -0.933. The fourth-order valence-corrected chi connectivity index (χ4v) is 4.61. The lowest BCUT2D eigenvalue weighted by Gasteiger charge is -2.44. The van der Waals surface area contributed by atoms with Crippen LogP contribution in [0.4, 0.5) is 4.39 Å². The maximum Gasteiger partial charge on any atom is 0.148 e. The van der Waals surface area contributed by atoms with Crippen LogP contribution in [0.2, 0.25) is 0 Å². The Bertz CT molecular complexity index is 828. The number of terminal acetylenes is 1. The minimum absolute atomic E-state index is 0.272. The maximum atomic E-state index is 13.6. The van der Waals surface area contributed by atoms with Gasteiger partial charge >= 0.3 is 0 Å². The van der Waals surface area contributed by atoms with Crippen molar-refractivity contribution in [2.45, 2.75) is 49.9 Å². The summed E-state index contributed by atoms with van der Waals surface area (Å²) in [5, 5.41) is 11.2. The van der Waals surface area contributed by atoms with E-state index in [0.29, 0.717) is 30.5 Å². The fourth-order valence-electron chi connectivity index (χ4n) is 4.61. The van der Waals surface area contributed by atoms with Gasteiger partial charge in [-0.3, -0.25) is 4.90 Å². The number of piperidine rings is 1. The molecule has 2 saturated heterocycles. The van der Waals surface area contributed by atoms with Crippen LogP contribution in [-0.2, 0) is 12.1 Å². The average molecular weight is 365 g/mol. The highest BCUT2D eigenvalue weighted by molar-refractivity contribution is 5.29. The molecule has 3 nitrogen and oxygen atoms in total. The molecule has 27 heavy (non-hydrogen) atoms. The van der Waals surface area contributed by atoms with Gasteiger partial charge in [0.2, 0.25) is 0 Å². The summed E-state index contributed by atoms with van der Waals surface area (Å²) in [6.45, 7) is 1.12. The molecule has 4 heteroatoms. The first-order chi connectivity index (χ1) is 13.1. The maximum absolute atomic E-state index is 13.6. The summed E-state index contributed by atoms with van der Waals surface area (Å²) < 4.78 is 19.1. The Balaban J connectivity index is 1.46. The summed E-state index contributed by atoms with van der Waals surface area (Å²) in [4.78, 5) is 2.49. The smallest absolute Gasteiger partial charge is 0.148 e. The predicted octanol–water partition coefficient (Wildman–Crippen LogP) is 3.85. The Morgan fingerprint density at radius 3 is 2.48 bits per heavy atom. The lowest BCUT2D eigenvalue weighted by Crippen LogP contribution is -2.49. The highest BCUT2D eigenvalue weighted by Gasteiger charge is 2.48. The molecule has 2 aromatic carbocycles.